The molecule has 0 bridgehead atoms. The molecule has 1 atom stereocenters. The highest BCUT2D eigenvalue weighted by Gasteiger charge is 2.35. The van der Waals surface area contributed by atoms with E-state index in [1.165, 1.54) is 6.92 Å². The van der Waals surface area contributed by atoms with Gasteiger partial charge in [0.2, 0.25) is 0 Å². The maximum atomic E-state index is 11.6. The van der Waals surface area contributed by atoms with Crippen molar-refractivity contribution in [3.8, 4) is 0 Å². The van der Waals surface area contributed by atoms with Crippen LogP contribution in [-0.2, 0) is 0 Å². The zero-order valence-electron chi connectivity index (χ0n) is 5.20. The summed E-state index contributed by atoms with van der Waals surface area (Å²) in [5, 5.41) is 0. The van der Waals surface area contributed by atoms with E-state index in [0.717, 1.165) is 6.08 Å². The first-order valence-corrected chi connectivity index (χ1v) is 2.71. The maximum absolute atomic E-state index is 11.6. The minimum Gasteiger partial charge on any atom is -0.170 e. The summed E-state index contributed by atoms with van der Waals surface area (Å²) in [6.07, 6.45) is -3.09. The van der Waals surface area contributed by atoms with Crippen molar-refractivity contribution in [2.75, 3.05) is 0 Å². The summed E-state index contributed by atoms with van der Waals surface area (Å²) in [6, 6.07) is 0. The summed E-state index contributed by atoms with van der Waals surface area (Å²) < 4.78 is 34.9. The smallest absolute Gasteiger partial charge is 0.170 e. The summed E-state index contributed by atoms with van der Waals surface area (Å²) in [4.78, 5) is 0. The van der Waals surface area contributed by atoms with Gasteiger partial charge in [-0.1, -0.05) is 13.0 Å². The van der Waals surface area contributed by atoms with Crippen LogP contribution < -0.4 is 0 Å². The number of hydrogen-bond donors (Lipinski definition) is 0. The van der Waals surface area contributed by atoms with E-state index in [9.17, 15) is 13.2 Å². The lowest BCUT2D eigenvalue weighted by Crippen LogP contribution is -2.19. The van der Waals surface area contributed by atoms with Crippen molar-refractivity contribution in [1.29, 1.82) is 0 Å². The Morgan fingerprint density at radius 1 is 1.56 bits per heavy atom. The summed E-state index contributed by atoms with van der Waals surface area (Å²) >= 11 is 0. The van der Waals surface area contributed by atoms with Gasteiger partial charge in [-0.05, 0) is 6.42 Å². The van der Waals surface area contributed by atoms with Crippen LogP contribution in [0.3, 0.4) is 0 Å². The molecule has 0 saturated heterocycles. The Hall–Kier alpha value is -0.470. The standard InChI is InChI=1S/C6H9F3/c1-3-5(4-2)6(7,8)9/h3,5H,1,4H2,2H3. The van der Waals surface area contributed by atoms with E-state index < -0.39 is 12.1 Å². The van der Waals surface area contributed by atoms with Gasteiger partial charge in [-0.2, -0.15) is 13.2 Å². The monoisotopic (exact) mass is 138 g/mol. The van der Waals surface area contributed by atoms with Gasteiger partial charge in [0.15, 0.2) is 0 Å². The average Bonchev–Trinajstić information content (AvgIpc) is 1.65. The molecule has 0 radical (unpaired) electrons. The third kappa shape index (κ3) is 2.54. The number of hydrogen-bond acceptors (Lipinski definition) is 0. The van der Waals surface area contributed by atoms with E-state index in [2.05, 4.69) is 6.58 Å². The first-order valence-electron chi connectivity index (χ1n) is 2.71. The summed E-state index contributed by atoms with van der Waals surface area (Å²) in [7, 11) is 0. The molecule has 1 unspecified atom stereocenters. The molecule has 0 spiro atoms. The maximum Gasteiger partial charge on any atom is 0.395 e. The SMILES string of the molecule is C=CC(CC)C(F)(F)F. The highest BCUT2D eigenvalue weighted by atomic mass is 19.4. The first kappa shape index (κ1) is 8.53. The molecule has 0 saturated carbocycles. The Labute approximate surface area is 52.4 Å². The fourth-order valence-electron chi connectivity index (χ4n) is 0.532. The van der Waals surface area contributed by atoms with Gasteiger partial charge in [0.05, 0.1) is 5.92 Å². The van der Waals surface area contributed by atoms with Gasteiger partial charge in [0, 0.05) is 0 Å². The van der Waals surface area contributed by atoms with Gasteiger partial charge in [-0.15, -0.1) is 6.58 Å². The topological polar surface area (TPSA) is 0 Å². The Kier molecular flexibility index (Phi) is 2.74. The molecule has 0 aromatic rings. The van der Waals surface area contributed by atoms with Crippen LogP contribution in [0.15, 0.2) is 12.7 Å². The Balaban J connectivity index is 3.94. The van der Waals surface area contributed by atoms with Crippen molar-refractivity contribution in [2.24, 2.45) is 5.92 Å². The normalized spacial score (nSPS) is 15.1. The molecule has 0 aromatic heterocycles. The minimum atomic E-state index is -4.10. The molecule has 3 heteroatoms. The van der Waals surface area contributed by atoms with Gasteiger partial charge < -0.3 is 0 Å². The van der Waals surface area contributed by atoms with Gasteiger partial charge in [0.1, 0.15) is 0 Å². The quantitative estimate of drug-likeness (QED) is 0.514. The highest BCUT2D eigenvalue weighted by molar-refractivity contribution is 4.83. The molecule has 0 aliphatic rings. The molecule has 0 fully saturated rings. The summed E-state index contributed by atoms with van der Waals surface area (Å²) in [5.41, 5.74) is 0. The van der Waals surface area contributed by atoms with Crippen molar-refractivity contribution < 1.29 is 13.2 Å². The van der Waals surface area contributed by atoms with Crippen LogP contribution in [0.2, 0.25) is 0 Å². The van der Waals surface area contributed by atoms with Gasteiger partial charge in [-0.25, -0.2) is 0 Å². The van der Waals surface area contributed by atoms with Crippen LogP contribution in [0.1, 0.15) is 13.3 Å². The Bertz CT molecular complexity index is 93.0. The predicted molar refractivity (Wildman–Crippen MR) is 30.0 cm³/mol. The molecule has 0 N–H and O–H groups in total. The van der Waals surface area contributed by atoms with Crippen molar-refractivity contribution in [2.45, 2.75) is 19.5 Å². The molecule has 0 amide bonds. The van der Waals surface area contributed by atoms with E-state index in [0.29, 0.717) is 0 Å². The van der Waals surface area contributed by atoms with Crippen LogP contribution >= 0.6 is 0 Å². The predicted octanol–water partition coefficient (Wildman–Crippen LogP) is 2.76. The van der Waals surface area contributed by atoms with E-state index in [1.54, 1.807) is 0 Å². The van der Waals surface area contributed by atoms with Crippen LogP contribution in [0.25, 0.3) is 0 Å². The lowest BCUT2D eigenvalue weighted by atomic mass is 10.1. The molecule has 0 aliphatic carbocycles. The summed E-state index contributed by atoms with van der Waals surface area (Å²) in [6.45, 7) is 4.56. The van der Waals surface area contributed by atoms with Crippen molar-refractivity contribution >= 4 is 0 Å². The number of halogens is 3. The molecular formula is C6H9F3. The largest absolute Gasteiger partial charge is 0.395 e. The first-order chi connectivity index (χ1) is 4.02. The van der Waals surface area contributed by atoms with Gasteiger partial charge in [0.25, 0.3) is 0 Å². The molecule has 0 aliphatic heterocycles. The lowest BCUT2D eigenvalue weighted by molar-refractivity contribution is -0.161. The third-order valence-electron chi connectivity index (χ3n) is 1.14. The molecule has 54 valence electrons. The molecule has 9 heavy (non-hydrogen) atoms. The zero-order valence-corrected chi connectivity index (χ0v) is 5.20. The second-order valence-corrected chi connectivity index (χ2v) is 1.79. The van der Waals surface area contributed by atoms with E-state index >= 15 is 0 Å². The van der Waals surface area contributed by atoms with Crippen molar-refractivity contribution in [3.05, 3.63) is 12.7 Å². The molecule has 0 nitrogen and oxygen atoms in total. The van der Waals surface area contributed by atoms with E-state index in [4.69, 9.17) is 0 Å². The zero-order chi connectivity index (χ0) is 7.49. The number of alkyl halides is 3. The van der Waals surface area contributed by atoms with Crippen molar-refractivity contribution in [3.63, 3.8) is 0 Å². The van der Waals surface area contributed by atoms with Crippen LogP contribution in [0.5, 0.6) is 0 Å². The third-order valence-corrected chi connectivity index (χ3v) is 1.14. The Morgan fingerprint density at radius 2 is 2.00 bits per heavy atom. The van der Waals surface area contributed by atoms with E-state index in [-0.39, 0.29) is 6.42 Å². The van der Waals surface area contributed by atoms with Crippen LogP contribution in [0.4, 0.5) is 13.2 Å². The van der Waals surface area contributed by atoms with Gasteiger partial charge >= 0.3 is 6.18 Å². The molecular weight excluding hydrogens is 129 g/mol. The number of allylic oxidation sites excluding steroid dienone is 1. The fourth-order valence-corrected chi connectivity index (χ4v) is 0.532. The molecule has 0 rings (SSSR count). The van der Waals surface area contributed by atoms with Crippen molar-refractivity contribution in [1.82, 2.24) is 0 Å². The lowest BCUT2D eigenvalue weighted by Gasteiger charge is -2.12. The van der Waals surface area contributed by atoms with Crippen LogP contribution in [-0.4, -0.2) is 6.18 Å². The van der Waals surface area contributed by atoms with Gasteiger partial charge in [-0.3, -0.25) is 0 Å². The molecule has 0 aromatic carbocycles. The molecule has 0 heterocycles. The van der Waals surface area contributed by atoms with E-state index in [1.807, 2.05) is 0 Å². The fraction of sp³-hybridized carbons (Fsp3) is 0.667. The number of rotatable bonds is 2. The Morgan fingerprint density at radius 3 is 2.00 bits per heavy atom. The summed E-state index contributed by atoms with van der Waals surface area (Å²) in [5.74, 6) is -1.34. The second-order valence-electron chi connectivity index (χ2n) is 1.79. The van der Waals surface area contributed by atoms with Crippen LogP contribution in [0, 0.1) is 5.92 Å². The minimum absolute atomic E-state index is 0.0764. The second kappa shape index (κ2) is 2.90. The highest BCUT2D eigenvalue weighted by Crippen LogP contribution is 2.28. The average molecular weight is 138 g/mol.